The highest BCUT2D eigenvalue weighted by molar-refractivity contribution is 5.91. The van der Waals surface area contributed by atoms with Crippen LogP contribution in [0.5, 0.6) is 5.75 Å². The first-order valence-corrected chi connectivity index (χ1v) is 8.78. The Morgan fingerprint density at radius 1 is 1.28 bits per heavy atom. The molecule has 2 atom stereocenters. The average Bonchev–Trinajstić information content (AvgIpc) is 3.25. The molecule has 7 nitrogen and oxygen atoms in total. The fraction of sp³-hybridized carbons (Fsp3) is 0.500. The number of likely N-dealkylation sites (tertiary alicyclic amines) is 1. The number of nitrogens with zero attached hydrogens (tertiary/aromatic N) is 4. The van der Waals surface area contributed by atoms with Crippen LogP contribution in [0.2, 0.25) is 0 Å². The molecule has 2 N–H and O–H groups in total. The number of nitrogens with two attached hydrogens (primary N) is 1. The lowest BCUT2D eigenvalue weighted by atomic mass is 9.95. The second kappa shape index (κ2) is 6.48. The predicted molar refractivity (Wildman–Crippen MR) is 92.6 cm³/mol. The lowest BCUT2D eigenvalue weighted by Gasteiger charge is -2.19. The number of methoxy groups -OCH3 is 1. The zero-order valence-electron chi connectivity index (χ0n) is 14.4. The quantitative estimate of drug-likeness (QED) is 0.906. The maximum Gasteiger partial charge on any atom is 0.291 e. The third-order valence-electron chi connectivity index (χ3n) is 5.23. The second-order valence-electron chi connectivity index (χ2n) is 6.81. The summed E-state index contributed by atoms with van der Waals surface area (Å²) in [7, 11) is 1.65. The Kier molecular flexibility index (Phi) is 4.17. The lowest BCUT2D eigenvalue weighted by molar-refractivity contribution is 0.0770. The molecule has 1 amide bonds. The number of ether oxygens (including phenoxy) is 1. The van der Waals surface area contributed by atoms with Gasteiger partial charge in [-0.2, -0.15) is 0 Å². The van der Waals surface area contributed by atoms with E-state index in [-0.39, 0.29) is 17.9 Å². The van der Waals surface area contributed by atoms with Gasteiger partial charge in [-0.3, -0.25) is 4.79 Å². The van der Waals surface area contributed by atoms with Gasteiger partial charge in [-0.15, -0.1) is 10.2 Å². The molecule has 0 spiro atoms. The number of rotatable bonds is 3. The van der Waals surface area contributed by atoms with Crippen molar-refractivity contribution in [3.05, 3.63) is 41.5 Å². The molecule has 7 heteroatoms. The summed E-state index contributed by atoms with van der Waals surface area (Å²) in [6.45, 7) is 1.95. The van der Waals surface area contributed by atoms with E-state index >= 15 is 0 Å². The molecule has 0 saturated carbocycles. The number of amides is 1. The number of benzene rings is 1. The topological polar surface area (TPSA) is 86.3 Å². The van der Waals surface area contributed by atoms with Crippen LogP contribution in [0.25, 0.3) is 0 Å². The van der Waals surface area contributed by atoms with Crippen LogP contribution in [0.3, 0.4) is 0 Å². The minimum Gasteiger partial charge on any atom is -0.497 e. The second-order valence-corrected chi connectivity index (χ2v) is 6.81. The summed E-state index contributed by atoms with van der Waals surface area (Å²) in [5, 5.41) is 8.34. The summed E-state index contributed by atoms with van der Waals surface area (Å²) >= 11 is 0. The van der Waals surface area contributed by atoms with Crippen molar-refractivity contribution in [2.75, 3.05) is 20.2 Å². The van der Waals surface area contributed by atoms with E-state index in [0.29, 0.717) is 18.9 Å². The van der Waals surface area contributed by atoms with Crippen LogP contribution in [0.15, 0.2) is 24.3 Å². The molecular weight excluding hydrogens is 318 g/mol. The Hall–Kier alpha value is -2.41. The molecule has 0 unspecified atom stereocenters. The first-order chi connectivity index (χ1) is 12.2. The number of aryl methyl sites for hydroxylation is 1. The maximum absolute atomic E-state index is 12.9. The van der Waals surface area contributed by atoms with E-state index in [1.54, 1.807) is 12.0 Å². The van der Waals surface area contributed by atoms with Gasteiger partial charge >= 0.3 is 0 Å². The Labute approximate surface area is 146 Å². The molecule has 0 bridgehead atoms. The number of carbonyl (C=O) groups excluding carboxylic acids is 1. The highest BCUT2D eigenvalue weighted by atomic mass is 16.5. The normalized spacial score (nSPS) is 22.7. The fourth-order valence-corrected chi connectivity index (χ4v) is 3.83. The van der Waals surface area contributed by atoms with Crippen LogP contribution in [0.4, 0.5) is 0 Å². The summed E-state index contributed by atoms with van der Waals surface area (Å²) in [6.07, 6.45) is 3.07. The zero-order chi connectivity index (χ0) is 17.4. The van der Waals surface area contributed by atoms with Crippen LogP contribution in [-0.2, 0) is 13.0 Å². The van der Waals surface area contributed by atoms with Crippen molar-refractivity contribution in [1.82, 2.24) is 19.7 Å². The van der Waals surface area contributed by atoms with Gasteiger partial charge in [0.05, 0.1) is 7.11 Å². The molecular formula is C18H23N5O2. The third-order valence-corrected chi connectivity index (χ3v) is 5.23. The number of fused-ring (bicyclic) bond motifs is 1. The number of carbonyl (C=O) groups is 1. The summed E-state index contributed by atoms with van der Waals surface area (Å²) in [5.74, 6) is 2.21. The number of hydrogen-bond donors (Lipinski definition) is 1. The molecule has 1 saturated heterocycles. The van der Waals surface area contributed by atoms with E-state index in [1.807, 2.05) is 28.8 Å². The van der Waals surface area contributed by atoms with Crippen molar-refractivity contribution < 1.29 is 9.53 Å². The third kappa shape index (κ3) is 2.89. The molecule has 4 rings (SSSR count). The van der Waals surface area contributed by atoms with Gasteiger partial charge in [-0.25, -0.2) is 0 Å². The first kappa shape index (κ1) is 16.1. The largest absolute Gasteiger partial charge is 0.497 e. The van der Waals surface area contributed by atoms with Gasteiger partial charge in [-0.05, 0) is 30.5 Å². The summed E-state index contributed by atoms with van der Waals surface area (Å²) in [5.41, 5.74) is 7.45. The molecule has 2 aliphatic rings. The van der Waals surface area contributed by atoms with Crippen LogP contribution < -0.4 is 10.5 Å². The van der Waals surface area contributed by atoms with Gasteiger partial charge in [0.1, 0.15) is 11.6 Å². The van der Waals surface area contributed by atoms with Crippen LogP contribution in [0, 0.1) is 0 Å². The van der Waals surface area contributed by atoms with Crippen LogP contribution in [-0.4, -0.2) is 51.8 Å². The van der Waals surface area contributed by atoms with Crippen molar-refractivity contribution in [3.63, 3.8) is 0 Å². The van der Waals surface area contributed by atoms with Crippen molar-refractivity contribution in [2.45, 2.75) is 37.8 Å². The van der Waals surface area contributed by atoms with Crippen molar-refractivity contribution in [1.29, 1.82) is 0 Å². The Balaban J connectivity index is 1.54. The van der Waals surface area contributed by atoms with Crippen LogP contribution in [0.1, 0.15) is 40.8 Å². The highest BCUT2D eigenvalue weighted by Gasteiger charge is 2.36. The van der Waals surface area contributed by atoms with Gasteiger partial charge in [0, 0.05) is 38.0 Å². The molecule has 1 aromatic carbocycles. The molecule has 0 radical (unpaired) electrons. The zero-order valence-corrected chi connectivity index (χ0v) is 14.4. The molecule has 1 aromatic heterocycles. The first-order valence-electron chi connectivity index (χ1n) is 8.78. The van der Waals surface area contributed by atoms with E-state index in [4.69, 9.17) is 10.5 Å². The maximum atomic E-state index is 12.9. The van der Waals surface area contributed by atoms with Gasteiger partial charge < -0.3 is 19.9 Å². The smallest absolute Gasteiger partial charge is 0.291 e. The minimum absolute atomic E-state index is 0.0681. The van der Waals surface area contributed by atoms with Crippen molar-refractivity contribution in [3.8, 4) is 5.75 Å². The van der Waals surface area contributed by atoms with E-state index < -0.39 is 0 Å². The summed E-state index contributed by atoms with van der Waals surface area (Å²) < 4.78 is 7.27. The van der Waals surface area contributed by atoms with Gasteiger partial charge in [0.15, 0.2) is 0 Å². The monoisotopic (exact) mass is 341 g/mol. The fourth-order valence-electron chi connectivity index (χ4n) is 3.83. The van der Waals surface area contributed by atoms with E-state index in [0.717, 1.165) is 42.9 Å². The van der Waals surface area contributed by atoms with Gasteiger partial charge in [0.2, 0.25) is 5.82 Å². The molecule has 0 aliphatic carbocycles. The number of aromatic nitrogens is 3. The Bertz CT molecular complexity index is 788. The molecule has 1 fully saturated rings. The van der Waals surface area contributed by atoms with Crippen LogP contribution >= 0.6 is 0 Å². The van der Waals surface area contributed by atoms with E-state index in [9.17, 15) is 4.79 Å². The van der Waals surface area contributed by atoms with E-state index in [1.165, 1.54) is 0 Å². The Morgan fingerprint density at radius 3 is 3.00 bits per heavy atom. The number of hydrogen-bond acceptors (Lipinski definition) is 5. The summed E-state index contributed by atoms with van der Waals surface area (Å²) in [4.78, 5) is 14.8. The molecule has 25 heavy (non-hydrogen) atoms. The molecule has 2 aliphatic heterocycles. The predicted octanol–water partition coefficient (Wildman–Crippen LogP) is 1.19. The van der Waals surface area contributed by atoms with E-state index in [2.05, 4.69) is 10.2 Å². The highest BCUT2D eigenvalue weighted by Crippen LogP contribution is 2.29. The standard InChI is InChI=1S/C18H23N5O2/c1-25-13-6-4-5-12(9-13)14-10-22(11-15(14)19)18(24)17-21-20-16-7-2-3-8-23(16)17/h4-6,9,14-15H,2-3,7-8,10-11,19H2,1H3/t14-,15+/m1/s1. The average molecular weight is 341 g/mol. The summed E-state index contributed by atoms with van der Waals surface area (Å²) in [6, 6.07) is 7.81. The minimum atomic E-state index is -0.0974. The van der Waals surface area contributed by atoms with Gasteiger partial charge in [0.25, 0.3) is 5.91 Å². The molecule has 132 valence electrons. The van der Waals surface area contributed by atoms with Crippen molar-refractivity contribution in [2.24, 2.45) is 5.73 Å². The van der Waals surface area contributed by atoms with Crippen molar-refractivity contribution >= 4 is 5.91 Å². The molecule has 3 heterocycles. The Morgan fingerprint density at radius 2 is 2.16 bits per heavy atom. The SMILES string of the molecule is COc1cccc([C@H]2CN(C(=O)c3nnc4n3CCCC4)C[C@@H]2N)c1. The van der Waals surface area contributed by atoms with Gasteiger partial charge in [-0.1, -0.05) is 12.1 Å². The lowest BCUT2D eigenvalue weighted by Crippen LogP contribution is -2.34. The molecule has 2 aromatic rings.